The molecule has 0 saturated heterocycles. The van der Waals surface area contributed by atoms with Crippen LogP contribution in [0.5, 0.6) is 5.75 Å². The number of nitrogens with zero attached hydrogens (tertiary/aromatic N) is 1. The predicted molar refractivity (Wildman–Crippen MR) is 66.7 cm³/mol. The number of carbonyl (C=O) groups is 1. The van der Waals surface area contributed by atoms with Crippen LogP contribution in [0.3, 0.4) is 0 Å². The molecule has 0 amide bonds. The molecule has 1 heterocycles. The number of aliphatic carboxylic acids is 1. The summed E-state index contributed by atoms with van der Waals surface area (Å²) in [4.78, 5) is 18.2. The molecule has 1 aromatic heterocycles. The zero-order chi connectivity index (χ0) is 13.1. The van der Waals surface area contributed by atoms with Crippen molar-refractivity contribution in [1.29, 1.82) is 0 Å². The van der Waals surface area contributed by atoms with Crippen molar-refractivity contribution in [3.63, 3.8) is 0 Å². The molecular formula is C13H14N2O3. The van der Waals surface area contributed by atoms with Crippen LogP contribution in [0.25, 0.3) is 11.3 Å². The molecule has 0 fully saturated rings. The number of carboxylic acid groups (broad SMARTS) is 1. The van der Waals surface area contributed by atoms with Gasteiger partial charge in [-0.15, -0.1) is 0 Å². The van der Waals surface area contributed by atoms with E-state index in [1.807, 2.05) is 24.3 Å². The molecule has 5 heteroatoms. The molecule has 0 aliphatic heterocycles. The predicted octanol–water partition coefficient (Wildman–Crippen LogP) is 2.02. The van der Waals surface area contributed by atoms with Crippen LogP contribution in [0.15, 0.2) is 24.3 Å². The van der Waals surface area contributed by atoms with Gasteiger partial charge in [0.1, 0.15) is 11.6 Å². The van der Waals surface area contributed by atoms with Crippen molar-refractivity contribution in [2.45, 2.75) is 13.3 Å². The van der Waals surface area contributed by atoms with E-state index in [0.717, 1.165) is 5.56 Å². The molecule has 0 aliphatic rings. The molecule has 1 aromatic carbocycles. The molecule has 0 atom stereocenters. The zero-order valence-corrected chi connectivity index (χ0v) is 10.2. The zero-order valence-electron chi connectivity index (χ0n) is 10.2. The fraction of sp³-hybridized carbons (Fsp3) is 0.231. The summed E-state index contributed by atoms with van der Waals surface area (Å²) >= 11 is 0. The number of carboxylic acids is 1. The van der Waals surface area contributed by atoms with Crippen LogP contribution in [0.2, 0.25) is 0 Å². The lowest BCUT2D eigenvalue weighted by Gasteiger charge is -2.07. The topological polar surface area (TPSA) is 75.2 Å². The molecule has 94 valence electrons. The number of methoxy groups -OCH3 is 1. The summed E-state index contributed by atoms with van der Waals surface area (Å²) in [6.45, 7) is 1.80. The number of aromatic nitrogens is 2. The van der Waals surface area contributed by atoms with Crippen molar-refractivity contribution < 1.29 is 14.6 Å². The van der Waals surface area contributed by atoms with Gasteiger partial charge in [-0.1, -0.05) is 12.1 Å². The van der Waals surface area contributed by atoms with E-state index in [4.69, 9.17) is 9.84 Å². The van der Waals surface area contributed by atoms with Crippen molar-refractivity contribution in [3.8, 4) is 17.0 Å². The molecule has 0 aliphatic carbocycles. The average molecular weight is 246 g/mol. The maximum absolute atomic E-state index is 10.8. The van der Waals surface area contributed by atoms with Crippen LogP contribution in [0, 0.1) is 6.92 Å². The Morgan fingerprint density at radius 2 is 2.17 bits per heavy atom. The molecule has 2 N–H and O–H groups in total. The Kier molecular flexibility index (Phi) is 3.32. The van der Waals surface area contributed by atoms with Gasteiger partial charge in [0.2, 0.25) is 0 Å². The van der Waals surface area contributed by atoms with Crippen LogP contribution in [0.4, 0.5) is 0 Å². The van der Waals surface area contributed by atoms with Crippen molar-refractivity contribution in [2.24, 2.45) is 0 Å². The minimum Gasteiger partial charge on any atom is -0.496 e. The van der Waals surface area contributed by atoms with E-state index in [2.05, 4.69) is 9.97 Å². The highest BCUT2D eigenvalue weighted by Gasteiger charge is 2.16. The number of rotatable bonds is 4. The number of H-pyrrole nitrogens is 1. The van der Waals surface area contributed by atoms with Gasteiger partial charge in [0, 0.05) is 5.56 Å². The van der Waals surface area contributed by atoms with E-state index in [9.17, 15) is 4.79 Å². The van der Waals surface area contributed by atoms with Crippen LogP contribution in [-0.2, 0) is 11.2 Å². The lowest BCUT2D eigenvalue weighted by Crippen LogP contribution is -2.02. The number of imidazole rings is 1. The number of benzene rings is 1. The van der Waals surface area contributed by atoms with Gasteiger partial charge < -0.3 is 14.8 Å². The number of hydrogen-bond acceptors (Lipinski definition) is 3. The number of aromatic amines is 1. The van der Waals surface area contributed by atoms with Crippen LogP contribution < -0.4 is 4.74 Å². The van der Waals surface area contributed by atoms with Gasteiger partial charge in [-0.2, -0.15) is 0 Å². The molecular weight excluding hydrogens is 232 g/mol. The third-order valence-electron chi connectivity index (χ3n) is 2.59. The number of para-hydroxylation sites is 1. The van der Waals surface area contributed by atoms with Crippen molar-refractivity contribution in [1.82, 2.24) is 9.97 Å². The minimum absolute atomic E-state index is 0.0891. The molecule has 18 heavy (non-hydrogen) atoms. The maximum Gasteiger partial charge on any atom is 0.309 e. The molecule has 0 spiro atoms. The third-order valence-corrected chi connectivity index (χ3v) is 2.59. The Balaban J connectivity index is 2.52. The molecule has 0 radical (unpaired) electrons. The summed E-state index contributed by atoms with van der Waals surface area (Å²) in [6.07, 6.45) is -0.0891. The fourth-order valence-electron chi connectivity index (χ4n) is 1.88. The SMILES string of the molecule is COc1ccccc1-c1nc(C)[nH]c1CC(=O)O. The van der Waals surface area contributed by atoms with E-state index in [1.165, 1.54) is 0 Å². The standard InChI is InChI=1S/C13H14N2O3/c1-8-14-10(7-12(16)17)13(15-8)9-5-3-4-6-11(9)18-2/h3-6H,7H2,1-2H3,(H,14,15)(H,16,17). The van der Waals surface area contributed by atoms with Crippen LogP contribution >= 0.6 is 0 Å². The second kappa shape index (κ2) is 4.91. The van der Waals surface area contributed by atoms with E-state index in [0.29, 0.717) is 23.0 Å². The normalized spacial score (nSPS) is 10.3. The Bertz CT molecular complexity index is 575. The first kappa shape index (κ1) is 12.2. The highest BCUT2D eigenvalue weighted by Crippen LogP contribution is 2.30. The molecule has 5 nitrogen and oxygen atoms in total. The van der Waals surface area contributed by atoms with E-state index >= 15 is 0 Å². The van der Waals surface area contributed by atoms with Gasteiger partial charge in [-0.3, -0.25) is 4.79 Å². The monoisotopic (exact) mass is 246 g/mol. The Morgan fingerprint density at radius 1 is 1.44 bits per heavy atom. The summed E-state index contributed by atoms with van der Waals surface area (Å²) in [5.41, 5.74) is 2.01. The van der Waals surface area contributed by atoms with Gasteiger partial charge in [0.15, 0.2) is 0 Å². The first-order chi connectivity index (χ1) is 8.61. The summed E-state index contributed by atoms with van der Waals surface area (Å²) in [5.74, 6) is 0.470. The second-order valence-corrected chi connectivity index (χ2v) is 3.92. The minimum atomic E-state index is -0.894. The summed E-state index contributed by atoms with van der Waals surface area (Å²) in [7, 11) is 1.58. The molecule has 0 unspecified atom stereocenters. The molecule has 2 rings (SSSR count). The van der Waals surface area contributed by atoms with Crippen molar-refractivity contribution in [2.75, 3.05) is 7.11 Å². The Labute approximate surface area is 104 Å². The smallest absolute Gasteiger partial charge is 0.309 e. The quantitative estimate of drug-likeness (QED) is 0.865. The molecule has 0 bridgehead atoms. The average Bonchev–Trinajstić information content (AvgIpc) is 2.69. The second-order valence-electron chi connectivity index (χ2n) is 3.92. The number of ether oxygens (including phenoxy) is 1. The van der Waals surface area contributed by atoms with Crippen LogP contribution in [-0.4, -0.2) is 28.2 Å². The number of hydrogen-bond donors (Lipinski definition) is 2. The highest BCUT2D eigenvalue weighted by molar-refractivity contribution is 5.76. The van der Waals surface area contributed by atoms with Gasteiger partial charge in [0.05, 0.1) is 24.9 Å². The molecule has 2 aromatic rings. The molecule has 0 saturated carbocycles. The maximum atomic E-state index is 10.8. The van der Waals surface area contributed by atoms with Crippen LogP contribution in [0.1, 0.15) is 11.5 Å². The lowest BCUT2D eigenvalue weighted by molar-refractivity contribution is -0.136. The number of nitrogens with one attached hydrogen (secondary N) is 1. The highest BCUT2D eigenvalue weighted by atomic mass is 16.5. The van der Waals surface area contributed by atoms with E-state index in [1.54, 1.807) is 14.0 Å². The first-order valence-corrected chi connectivity index (χ1v) is 5.52. The summed E-state index contributed by atoms with van der Waals surface area (Å²) in [5, 5.41) is 8.89. The Hall–Kier alpha value is -2.30. The third kappa shape index (κ3) is 2.34. The van der Waals surface area contributed by atoms with E-state index < -0.39 is 5.97 Å². The fourth-order valence-corrected chi connectivity index (χ4v) is 1.88. The van der Waals surface area contributed by atoms with E-state index in [-0.39, 0.29) is 6.42 Å². The largest absolute Gasteiger partial charge is 0.496 e. The summed E-state index contributed by atoms with van der Waals surface area (Å²) < 4.78 is 5.27. The van der Waals surface area contributed by atoms with Gasteiger partial charge in [0.25, 0.3) is 0 Å². The van der Waals surface area contributed by atoms with Crippen molar-refractivity contribution >= 4 is 5.97 Å². The lowest BCUT2D eigenvalue weighted by atomic mass is 10.1. The van der Waals surface area contributed by atoms with Gasteiger partial charge >= 0.3 is 5.97 Å². The number of aryl methyl sites for hydroxylation is 1. The Morgan fingerprint density at radius 3 is 2.83 bits per heavy atom. The first-order valence-electron chi connectivity index (χ1n) is 5.52. The van der Waals surface area contributed by atoms with Crippen molar-refractivity contribution in [3.05, 3.63) is 35.8 Å². The summed E-state index contributed by atoms with van der Waals surface area (Å²) in [6, 6.07) is 7.41. The van der Waals surface area contributed by atoms with Gasteiger partial charge in [-0.25, -0.2) is 4.98 Å². The van der Waals surface area contributed by atoms with Gasteiger partial charge in [-0.05, 0) is 19.1 Å².